The van der Waals surface area contributed by atoms with Gasteiger partial charge in [0.05, 0.1) is 0 Å². The van der Waals surface area contributed by atoms with Gasteiger partial charge in [0, 0.05) is 30.1 Å². The highest BCUT2D eigenvalue weighted by molar-refractivity contribution is 6.26. The van der Waals surface area contributed by atoms with Gasteiger partial charge in [-0.2, -0.15) is 0 Å². The third kappa shape index (κ3) is 4.08. The van der Waals surface area contributed by atoms with Gasteiger partial charge in [0.2, 0.25) is 0 Å². The van der Waals surface area contributed by atoms with Gasteiger partial charge in [0.1, 0.15) is 5.57 Å². The van der Waals surface area contributed by atoms with Gasteiger partial charge in [-0.25, -0.2) is 4.79 Å². The lowest BCUT2D eigenvalue weighted by Crippen LogP contribution is -2.27. The second kappa shape index (κ2) is 8.69. The molecule has 3 aliphatic carbocycles. The number of carbonyl (C=O) groups is 2. The molecule has 0 saturated heterocycles. The van der Waals surface area contributed by atoms with Crippen LogP contribution < -0.4 is 0 Å². The summed E-state index contributed by atoms with van der Waals surface area (Å²) in [5.41, 5.74) is 4.50. The Balaban J connectivity index is 1.58. The lowest BCUT2D eigenvalue weighted by molar-refractivity contribution is -0.134. The zero-order chi connectivity index (χ0) is 21.1. The zero-order valence-electron chi connectivity index (χ0n) is 16.7. The van der Waals surface area contributed by atoms with Crippen LogP contribution in [0.25, 0.3) is 5.57 Å². The largest absolute Gasteiger partial charge is 0.478 e. The predicted molar refractivity (Wildman–Crippen MR) is 115 cm³/mol. The van der Waals surface area contributed by atoms with Gasteiger partial charge in [-0.1, -0.05) is 60.4 Å². The number of hydrogen-bond donors (Lipinski definition) is 2. The number of aliphatic hydroxyl groups excluding tert-OH is 1. The fourth-order valence-electron chi connectivity index (χ4n) is 4.40. The lowest BCUT2D eigenvalue weighted by Gasteiger charge is -2.29. The van der Waals surface area contributed by atoms with E-state index in [-0.39, 0.29) is 24.0 Å². The van der Waals surface area contributed by atoms with Gasteiger partial charge in [-0.05, 0) is 48.3 Å². The Morgan fingerprint density at radius 2 is 2.07 bits per heavy atom. The van der Waals surface area contributed by atoms with Crippen LogP contribution in [0.5, 0.6) is 0 Å². The Bertz CT molecular complexity index is 1070. The number of ketones is 1. The van der Waals surface area contributed by atoms with E-state index in [2.05, 4.69) is 36.1 Å². The summed E-state index contributed by atoms with van der Waals surface area (Å²) in [6, 6.07) is 8.34. The summed E-state index contributed by atoms with van der Waals surface area (Å²) in [6.45, 7) is -0.0537. The summed E-state index contributed by atoms with van der Waals surface area (Å²) >= 11 is 0. The second-order valence-corrected chi connectivity index (χ2v) is 7.93. The average Bonchev–Trinajstić information content (AvgIpc) is 2.76. The third-order valence-electron chi connectivity index (χ3n) is 5.86. The van der Waals surface area contributed by atoms with Crippen molar-refractivity contribution in [2.45, 2.75) is 32.1 Å². The first-order valence-corrected chi connectivity index (χ1v) is 10.4. The molecule has 4 nitrogen and oxygen atoms in total. The quantitative estimate of drug-likeness (QED) is 0.561. The molecule has 0 aliphatic heterocycles. The average molecular weight is 400 g/mol. The number of carbonyl (C=O) groups excluding carboxylic acids is 1. The minimum atomic E-state index is -1.21. The maximum absolute atomic E-state index is 12.8. The molecule has 4 heteroatoms. The molecule has 152 valence electrons. The molecular formula is C26H24O4. The van der Waals surface area contributed by atoms with Crippen LogP contribution in [0, 0.1) is 23.7 Å². The first-order valence-electron chi connectivity index (χ1n) is 10.4. The maximum atomic E-state index is 12.8. The van der Waals surface area contributed by atoms with E-state index >= 15 is 0 Å². The molecule has 2 atom stereocenters. The van der Waals surface area contributed by atoms with Gasteiger partial charge in [0.25, 0.3) is 0 Å². The van der Waals surface area contributed by atoms with Crippen LogP contribution in [-0.4, -0.2) is 28.6 Å². The maximum Gasteiger partial charge on any atom is 0.339 e. The van der Waals surface area contributed by atoms with Crippen molar-refractivity contribution in [3.05, 3.63) is 76.4 Å². The highest BCUT2D eigenvalue weighted by Gasteiger charge is 2.34. The molecule has 0 aromatic heterocycles. The van der Waals surface area contributed by atoms with Gasteiger partial charge in [-0.15, -0.1) is 0 Å². The lowest BCUT2D eigenvalue weighted by atomic mass is 9.74. The number of Topliss-reactive ketones (excluding diaryl/α,β-unsaturated/α-hetero) is 1. The molecule has 0 heterocycles. The van der Waals surface area contributed by atoms with E-state index in [1.807, 2.05) is 18.2 Å². The van der Waals surface area contributed by atoms with E-state index in [4.69, 9.17) is 0 Å². The summed E-state index contributed by atoms with van der Waals surface area (Å²) in [5, 5.41) is 18.8. The summed E-state index contributed by atoms with van der Waals surface area (Å²) in [4.78, 5) is 24.3. The number of benzene rings is 1. The number of carboxylic acids is 1. The van der Waals surface area contributed by atoms with Crippen molar-refractivity contribution < 1.29 is 19.8 Å². The second-order valence-electron chi connectivity index (χ2n) is 7.93. The SMILES string of the molecule is O=C(O)C1=CC(CCO)C2=CCC(Cc3cccc(C4=CCCC#C4)c3)C=C2C1=O. The number of hydrogen-bond acceptors (Lipinski definition) is 3. The number of rotatable bonds is 6. The molecule has 0 saturated carbocycles. The van der Waals surface area contributed by atoms with Crippen LogP contribution in [0.15, 0.2) is 65.3 Å². The van der Waals surface area contributed by atoms with E-state index in [0.29, 0.717) is 12.0 Å². The van der Waals surface area contributed by atoms with Crippen LogP contribution in [0.2, 0.25) is 0 Å². The molecule has 3 aliphatic rings. The Hall–Kier alpha value is -3.16. The third-order valence-corrected chi connectivity index (χ3v) is 5.86. The van der Waals surface area contributed by atoms with Crippen molar-refractivity contribution >= 4 is 17.3 Å². The number of aliphatic carboxylic acids is 1. The molecular weight excluding hydrogens is 376 g/mol. The first-order chi connectivity index (χ1) is 14.6. The van der Waals surface area contributed by atoms with E-state index in [1.54, 1.807) is 0 Å². The fraction of sp³-hybridized carbons (Fsp3) is 0.308. The van der Waals surface area contributed by atoms with Gasteiger partial charge in [-0.3, -0.25) is 4.79 Å². The van der Waals surface area contributed by atoms with E-state index in [9.17, 15) is 19.8 Å². The molecule has 0 bridgehead atoms. The van der Waals surface area contributed by atoms with Crippen molar-refractivity contribution in [3.8, 4) is 11.8 Å². The number of fused-ring (bicyclic) bond motifs is 1. The van der Waals surface area contributed by atoms with Crippen molar-refractivity contribution in [1.82, 2.24) is 0 Å². The summed E-state index contributed by atoms with van der Waals surface area (Å²) in [7, 11) is 0. The van der Waals surface area contributed by atoms with Crippen LogP contribution >= 0.6 is 0 Å². The van der Waals surface area contributed by atoms with Crippen LogP contribution in [0.3, 0.4) is 0 Å². The van der Waals surface area contributed by atoms with Gasteiger partial charge >= 0.3 is 5.97 Å². The van der Waals surface area contributed by atoms with E-state index in [0.717, 1.165) is 42.4 Å². The topological polar surface area (TPSA) is 74.6 Å². The van der Waals surface area contributed by atoms with Gasteiger partial charge < -0.3 is 10.2 Å². The Morgan fingerprint density at radius 1 is 1.20 bits per heavy atom. The van der Waals surface area contributed by atoms with Crippen molar-refractivity contribution in [2.75, 3.05) is 6.61 Å². The minimum Gasteiger partial charge on any atom is -0.478 e. The zero-order valence-corrected chi connectivity index (χ0v) is 16.7. The number of allylic oxidation sites excluding steroid dienone is 7. The molecule has 30 heavy (non-hydrogen) atoms. The molecule has 0 spiro atoms. The van der Waals surface area contributed by atoms with Crippen molar-refractivity contribution in [2.24, 2.45) is 11.8 Å². The molecule has 2 unspecified atom stereocenters. The highest BCUT2D eigenvalue weighted by atomic mass is 16.4. The van der Waals surface area contributed by atoms with Gasteiger partial charge in [0.15, 0.2) is 5.78 Å². The monoisotopic (exact) mass is 400 g/mol. The summed E-state index contributed by atoms with van der Waals surface area (Å²) in [6.07, 6.45) is 11.5. The molecule has 1 aromatic carbocycles. The Morgan fingerprint density at radius 3 is 2.80 bits per heavy atom. The smallest absolute Gasteiger partial charge is 0.339 e. The molecule has 4 rings (SSSR count). The minimum absolute atomic E-state index is 0.0537. The molecule has 1 aromatic rings. The number of carboxylic acid groups (broad SMARTS) is 1. The Labute approximate surface area is 176 Å². The fourth-order valence-corrected chi connectivity index (χ4v) is 4.40. The first kappa shape index (κ1) is 20.1. The summed E-state index contributed by atoms with van der Waals surface area (Å²) in [5.74, 6) is 4.61. The molecule has 2 N–H and O–H groups in total. The highest BCUT2D eigenvalue weighted by Crippen LogP contribution is 2.38. The molecule has 0 fully saturated rings. The standard InChI is InChI=1S/C26H24O4/c27-12-11-21-16-24(26(29)30)25(28)23-15-18(9-10-22(21)23)13-17-5-4-8-20(14-17)19-6-2-1-3-7-19/h4-6,8,10,14-16,18,21,27H,1-2,9,11-13H2,(H,29,30). The molecule has 0 amide bonds. The van der Waals surface area contributed by atoms with Crippen LogP contribution in [-0.2, 0) is 16.0 Å². The van der Waals surface area contributed by atoms with Crippen LogP contribution in [0.4, 0.5) is 0 Å². The predicted octanol–water partition coefficient (Wildman–Crippen LogP) is 3.87. The normalized spacial score (nSPS) is 22.6. The van der Waals surface area contributed by atoms with Crippen LogP contribution in [0.1, 0.15) is 36.8 Å². The molecule has 0 radical (unpaired) electrons. The van der Waals surface area contributed by atoms with Crippen molar-refractivity contribution in [1.29, 1.82) is 0 Å². The van der Waals surface area contributed by atoms with E-state index in [1.165, 1.54) is 11.6 Å². The number of aliphatic hydroxyl groups is 1. The Kier molecular flexibility index (Phi) is 5.83. The van der Waals surface area contributed by atoms with E-state index < -0.39 is 11.8 Å². The summed E-state index contributed by atoms with van der Waals surface area (Å²) < 4.78 is 0. The van der Waals surface area contributed by atoms with Crippen molar-refractivity contribution in [3.63, 3.8) is 0 Å².